The fourth-order valence-corrected chi connectivity index (χ4v) is 9.38. The fraction of sp³-hybridized carbons (Fsp3) is 0.800. The molecule has 12 atom stereocenters. The van der Waals surface area contributed by atoms with Gasteiger partial charge in [0.05, 0.1) is 0 Å². The van der Waals surface area contributed by atoms with Crippen LogP contribution in [0.3, 0.4) is 0 Å². The average molecular weight is 328 g/mol. The third-order valence-electron chi connectivity index (χ3n) is 9.21. The molecule has 2 unspecified atom stereocenters. The van der Waals surface area contributed by atoms with Crippen molar-refractivity contribution in [3.8, 4) is 0 Å². The second kappa shape index (κ2) is 4.25. The van der Waals surface area contributed by atoms with Gasteiger partial charge >= 0.3 is 11.9 Å². The number of carbonyl (C=O) groups is 2. The molecule has 24 heavy (non-hydrogen) atoms. The number of carboxylic acids is 2. The molecule has 6 aliphatic carbocycles. The van der Waals surface area contributed by atoms with Crippen molar-refractivity contribution < 1.29 is 19.8 Å². The van der Waals surface area contributed by atoms with E-state index in [9.17, 15) is 19.8 Å². The van der Waals surface area contributed by atoms with Crippen LogP contribution in [0.4, 0.5) is 0 Å². The molecule has 0 amide bonds. The molecule has 6 rings (SSSR count). The van der Waals surface area contributed by atoms with Gasteiger partial charge in [-0.3, -0.25) is 9.59 Å². The Balaban J connectivity index is 1.41. The summed E-state index contributed by atoms with van der Waals surface area (Å²) in [7, 11) is 0. The number of hydrogen-bond acceptors (Lipinski definition) is 2. The lowest BCUT2D eigenvalue weighted by molar-refractivity contribution is -0.139. The Morgan fingerprint density at radius 1 is 0.708 bits per heavy atom. The van der Waals surface area contributed by atoms with Crippen LogP contribution in [0, 0.1) is 71.0 Å². The van der Waals surface area contributed by atoms with Gasteiger partial charge in [0.1, 0.15) is 0 Å². The molecule has 0 aromatic carbocycles. The van der Waals surface area contributed by atoms with Crippen LogP contribution in [-0.2, 0) is 9.59 Å². The third kappa shape index (κ3) is 1.40. The van der Waals surface area contributed by atoms with E-state index in [1.807, 2.05) is 0 Å². The number of carboxylic acid groups (broad SMARTS) is 2. The predicted octanol–water partition coefficient (Wildman–Crippen LogP) is 2.75. The Hall–Kier alpha value is -1.32. The van der Waals surface area contributed by atoms with E-state index >= 15 is 0 Å². The molecule has 0 radical (unpaired) electrons. The topological polar surface area (TPSA) is 74.6 Å². The quantitative estimate of drug-likeness (QED) is 0.778. The minimum atomic E-state index is -0.639. The highest BCUT2D eigenvalue weighted by molar-refractivity contribution is 5.67. The molecule has 2 N–H and O–H groups in total. The molecule has 0 spiro atoms. The number of rotatable bonds is 4. The molecule has 0 aliphatic heterocycles. The Kier molecular flexibility index (Phi) is 2.47. The van der Waals surface area contributed by atoms with E-state index in [1.54, 1.807) is 0 Å². The minimum Gasteiger partial charge on any atom is -0.481 e. The lowest BCUT2D eigenvalue weighted by atomic mass is 9.77. The van der Waals surface area contributed by atoms with Gasteiger partial charge in [-0.25, -0.2) is 0 Å². The summed E-state index contributed by atoms with van der Waals surface area (Å²) in [5, 5.41) is 18.7. The van der Waals surface area contributed by atoms with Crippen molar-refractivity contribution in [1.29, 1.82) is 0 Å². The molecule has 6 aliphatic rings. The summed E-state index contributed by atoms with van der Waals surface area (Å²) in [5.41, 5.74) is 0. The lowest BCUT2D eigenvalue weighted by Crippen LogP contribution is -2.25. The summed E-state index contributed by atoms with van der Waals surface area (Å²) in [5.74, 6) is 6.21. The number of allylic oxidation sites excluding steroid dienone is 2. The highest BCUT2D eigenvalue weighted by Crippen LogP contribution is 2.80. The molecule has 5 saturated carbocycles. The first-order valence-corrected chi connectivity index (χ1v) is 9.68. The highest BCUT2D eigenvalue weighted by atomic mass is 16.4. The normalized spacial score (nSPS) is 60.2. The van der Waals surface area contributed by atoms with Gasteiger partial charge in [0.25, 0.3) is 0 Å². The maximum absolute atomic E-state index is 11.4. The van der Waals surface area contributed by atoms with Crippen LogP contribution in [-0.4, -0.2) is 22.2 Å². The number of aliphatic carboxylic acids is 2. The summed E-state index contributed by atoms with van der Waals surface area (Å²) in [4.78, 5) is 22.7. The maximum Gasteiger partial charge on any atom is 0.303 e. The second-order valence-corrected chi connectivity index (χ2v) is 9.52. The number of hydrogen-bond donors (Lipinski definition) is 2. The van der Waals surface area contributed by atoms with Gasteiger partial charge in [-0.05, 0) is 83.9 Å². The Bertz CT molecular complexity index is 615. The molecule has 0 heterocycles. The van der Waals surface area contributed by atoms with E-state index in [4.69, 9.17) is 0 Å². The van der Waals surface area contributed by atoms with E-state index in [1.165, 1.54) is 0 Å². The summed E-state index contributed by atoms with van der Waals surface area (Å²) < 4.78 is 0. The Labute approximate surface area is 141 Å². The maximum atomic E-state index is 11.4. The first-order valence-electron chi connectivity index (χ1n) is 9.68. The van der Waals surface area contributed by atoms with E-state index in [0.29, 0.717) is 60.2 Å². The van der Waals surface area contributed by atoms with Crippen LogP contribution in [0.2, 0.25) is 0 Å². The zero-order valence-corrected chi connectivity index (χ0v) is 13.6. The van der Waals surface area contributed by atoms with Gasteiger partial charge in [-0.15, -0.1) is 0 Å². The first kappa shape index (κ1) is 13.9. The van der Waals surface area contributed by atoms with Gasteiger partial charge in [-0.1, -0.05) is 12.2 Å². The summed E-state index contributed by atoms with van der Waals surface area (Å²) in [6, 6.07) is 0. The highest BCUT2D eigenvalue weighted by Gasteiger charge is 2.76. The van der Waals surface area contributed by atoms with E-state index in [0.717, 1.165) is 36.5 Å². The van der Waals surface area contributed by atoms with Gasteiger partial charge < -0.3 is 10.2 Å². The smallest absolute Gasteiger partial charge is 0.303 e. The summed E-state index contributed by atoms with van der Waals surface area (Å²) in [6.45, 7) is 0. The Morgan fingerprint density at radius 3 is 1.58 bits per heavy atom. The molecule has 4 nitrogen and oxygen atoms in total. The van der Waals surface area contributed by atoms with Crippen molar-refractivity contribution in [2.24, 2.45) is 71.0 Å². The molecule has 4 heteroatoms. The van der Waals surface area contributed by atoms with Crippen LogP contribution < -0.4 is 0 Å². The van der Waals surface area contributed by atoms with Gasteiger partial charge in [0.2, 0.25) is 0 Å². The molecule has 0 bridgehead atoms. The molecular weight excluding hydrogens is 304 g/mol. The van der Waals surface area contributed by atoms with Crippen molar-refractivity contribution in [2.45, 2.75) is 25.7 Å². The minimum absolute atomic E-state index is 0.339. The summed E-state index contributed by atoms with van der Waals surface area (Å²) >= 11 is 0. The monoisotopic (exact) mass is 328 g/mol. The van der Waals surface area contributed by atoms with Crippen molar-refractivity contribution >= 4 is 11.9 Å². The zero-order valence-electron chi connectivity index (χ0n) is 13.6. The van der Waals surface area contributed by atoms with E-state index in [2.05, 4.69) is 12.2 Å². The second-order valence-electron chi connectivity index (χ2n) is 9.52. The van der Waals surface area contributed by atoms with Crippen LogP contribution in [0.15, 0.2) is 12.2 Å². The largest absolute Gasteiger partial charge is 0.481 e. The molecule has 0 aromatic heterocycles. The molecule has 0 aromatic rings. The summed E-state index contributed by atoms with van der Waals surface area (Å²) in [6.07, 6.45) is 7.69. The van der Waals surface area contributed by atoms with Gasteiger partial charge in [0.15, 0.2) is 0 Å². The lowest BCUT2D eigenvalue weighted by Gasteiger charge is -2.27. The van der Waals surface area contributed by atoms with Crippen LogP contribution in [0.25, 0.3) is 0 Å². The number of fused-ring (bicyclic) bond motifs is 3. The van der Waals surface area contributed by atoms with Crippen molar-refractivity contribution in [1.82, 2.24) is 0 Å². The third-order valence-corrected chi connectivity index (χ3v) is 9.21. The fourth-order valence-electron chi connectivity index (χ4n) is 9.38. The molecule has 128 valence electrons. The first-order chi connectivity index (χ1) is 11.6. The van der Waals surface area contributed by atoms with E-state index < -0.39 is 11.9 Å². The molecular formula is C20H24O4. The van der Waals surface area contributed by atoms with Crippen molar-refractivity contribution in [3.63, 3.8) is 0 Å². The van der Waals surface area contributed by atoms with Crippen molar-refractivity contribution in [2.75, 3.05) is 0 Å². The van der Waals surface area contributed by atoms with E-state index in [-0.39, 0.29) is 0 Å². The standard InChI is InChI=1S/C20H24O4/c21-13(22)5-7-3-11-12-4-8(6-14(23)24)16-10-2-1-9-15(7)18(11)20(17(9)10)19(12)16/h1-2,7-12,15-20H,3-6H2,(H,21,22)(H,23,24)/t7-,8+,9-,10+,11+,12-,15+,16-,17?,18-,19-,20?/m1/s1. The predicted molar refractivity (Wildman–Crippen MR) is 84.8 cm³/mol. The van der Waals surface area contributed by atoms with Gasteiger partial charge in [0, 0.05) is 12.8 Å². The average Bonchev–Trinajstić information content (AvgIpc) is 3.19. The Morgan fingerprint density at radius 2 is 1.17 bits per heavy atom. The van der Waals surface area contributed by atoms with Crippen LogP contribution in [0.1, 0.15) is 25.7 Å². The molecule has 0 saturated heterocycles. The van der Waals surface area contributed by atoms with Gasteiger partial charge in [-0.2, -0.15) is 0 Å². The molecule has 5 fully saturated rings. The SMILES string of the molecule is O=C(O)C[C@H]1C[C@H]2[C@H]3C[C@@H](CC(=O)O)[C@H]4[C@@H]3C3C5[C@H]4C=C[C@@H]5[C@H]1[C@H]32. The van der Waals surface area contributed by atoms with Crippen LogP contribution >= 0.6 is 0 Å². The van der Waals surface area contributed by atoms with Crippen LogP contribution in [0.5, 0.6) is 0 Å². The zero-order chi connectivity index (χ0) is 16.3. The van der Waals surface area contributed by atoms with Crippen molar-refractivity contribution in [3.05, 3.63) is 12.2 Å².